The second-order valence-electron chi connectivity index (χ2n) is 6.26. The van der Waals surface area contributed by atoms with Crippen LogP contribution in [0.5, 0.6) is 11.5 Å². The molecule has 2 atom stereocenters. The van der Waals surface area contributed by atoms with Gasteiger partial charge < -0.3 is 24.8 Å². The van der Waals surface area contributed by atoms with Gasteiger partial charge in [0.05, 0.1) is 20.3 Å². The molecule has 28 heavy (non-hydrogen) atoms. The van der Waals surface area contributed by atoms with Gasteiger partial charge in [0.25, 0.3) is 0 Å². The third kappa shape index (κ3) is 4.09. The number of nitrogens with one attached hydrogen (secondary N) is 2. The number of carbonyl (C=O) groups is 1. The number of thiocarbonyl (C=S) groups is 1. The lowest BCUT2D eigenvalue weighted by Crippen LogP contribution is -2.50. The van der Waals surface area contributed by atoms with Crippen molar-refractivity contribution in [1.82, 2.24) is 10.6 Å². The average molecular weight is 398 g/mol. The maximum absolute atomic E-state index is 12.4. The van der Waals surface area contributed by atoms with Crippen LogP contribution in [0.3, 0.4) is 0 Å². The van der Waals surface area contributed by atoms with Crippen molar-refractivity contribution in [2.45, 2.75) is 12.6 Å². The third-order valence-corrected chi connectivity index (χ3v) is 4.73. The minimum atomic E-state index is -0.678. The summed E-state index contributed by atoms with van der Waals surface area (Å²) in [6, 6.07) is 14.8. The molecule has 0 saturated carbocycles. The molecule has 146 valence electrons. The van der Waals surface area contributed by atoms with Gasteiger partial charge in [0.15, 0.2) is 16.6 Å². The molecule has 3 rings (SSSR count). The van der Waals surface area contributed by atoms with E-state index in [1.807, 2.05) is 48.5 Å². The summed E-state index contributed by atoms with van der Waals surface area (Å²) < 4.78 is 16.6. The van der Waals surface area contributed by atoms with E-state index in [1.54, 1.807) is 7.11 Å². The van der Waals surface area contributed by atoms with Gasteiger partial charge in [0, 0.05) is 11.3 Å². The summed E-state index contributed by atoms with van der Waals surface area (Å²) in [6.07, 6.45) is 0. The molecular formula is C21H22N2O4S. The average Bonchev–Trinajstić information content (AvgIpc) is 2.71. The lowest BCUT2D eigenvalue weighted by molar-refractivity contribution is -0.145. The number of carbonyl (C=O) groups excluding carboxylic acids is 1. The van der Waals surface area contributed by atoms with Gasteiger partial charge in [-0.1, -0.05) is 49.0 Å². The Labute approximate surface area is 169 Å². The molecule has 2 aromatic carbocycles. The van der Waals surface area contributed by atoms with Crippen LogP contribution in [0.15, 0.2) is 60.8 Å². The normalized spacial score (nSPS) is 18.6. The number of rotatable bonds is 6. The summed E-state index contributed by atoms with van der Waals surface area (Å²) in [4.78, 5) is 12.4. The fraction of sp³-hybridized carbons (Fsp3) is 0.238. The van der Waals surface area contributed by atoms with E-state index in [-0.39, 0.29) is 0 Å². The lowest BCUT2D eigenvalue weighted by atomic mass is 9.88. The third-order valence-electron chi connectivity index (χ3n) is 4.51. The summed E-state index contributed by atoms with van der Waals surface area (Å²) in [7, 11) is 2.92. The van der Waals surface area contributed by atoms with Crippen LogP contribution in [0, 0.1) is 5.92 Å². The van der Waals surface area contributed by atoms with Gasteiger partial charge in [-0.2, -0.15) is 0 Å². The van der Waals surface area contributed by atoms with E-state index in [4.69, 9.17) is 26.4 Å². The predicted molar refractivity (Wildman–Crippen MR) is 110 cm³/mol. The number of hydrogen-bond donors (Lipinski definition) is 2. The van der Waals surface area contributed by atoms with Gasteiger partial charge in [-0.3, -0.25) is 4.79 Å². The van der Waals surface area contributed by atoms with Crippen molar-refractivity contribution >= 4 is 23.3 Å². The molecule has 1 aliphatic heterocycles. The number of methoxy groups -OCH3 is 2. The van der Waals surface area contributed by atoms with Crippen molar-refractivity contribution in [3.05, 3.63) is 71.9 Å². The van der Waals surface area contributed by atoms with E-state index in [9.17, 15) is 4.79 Å². The van der Waals surface area contributed by atoms with Crippen LogP contribution < -0.4 is 20.1 Å². The Kier molecular flexibility index (Phi) is 6.16. The first-order chi connectivity index (χ1) is 13.5. The van der Waals surface area contributed by atoms with Gasteiger partial charge in [0.2, 0.25) is 0 Å². The zero-order valence-corrected chi connectivity index (χ0v) is 16.5. The van der Waals surface area contributed by atoms with Crippen molar-refractivity contribution in [2.75, 3.05) is 14.2 Å². The highest BCUT2D eigenvalue weighted by Gasteiger charge is 2.39. The zero-order valence-electron chi connectivity index (χ0n) is 15.7. The summed E-state index contributed by atoms with van der Waals surface area (Å²) in [5.41, 5.74) is 2.22. The predicted octanol–water partition coefficient (Wildman–Crippen LogP) is 3.10. The van der Waals surface area contributed by atoms with Crippen LogP contribution in [-0.4, -0.2) is 25.3 Å². The molecule has 1 heterocycles. The Morgan fingerprint density at radius 1 is 1.14 bits per heavy atom. The van der Waals surface area contributed by atoms with E-state index >= 15 is 0 Å². The molecule has 0 amide bonds. The SMILES string of the molecule is C=C1NC(=S)N[C@@H](c2cccc(OC)c2OCc2ccccc2)[C@@H]1C(=O)OC. The molecule has 1 fully saturated rings. The molecule has 1 saturated heterocycles. The molecule has 0 bridgehead atoms. The topological polar surface area (TPSA) is 68.8 Å². The van der Waals surface area contributed by atoms with Crippen LogP contribution >= 0.6 is 12.2 Å². The smallest absolute Gasteiger partial charge is 0.317 e. The lowest BCUT2D eigenvalue weighted by Gasteiger charge is -2.35. The summed E-state index contributed by atoms with van der Waals surface area (Å²) in [5.74, 6) is 0.00359. The quantitative estimate of drug-likeness (QED) is 0.572. The molecule has 1 aliphatic rings. The van der Waals surface area contributed by atoms with E-state index < -0.39 is 17.9 Å². The Hall–Kier alpha value is -3.06. The Morgan fingerprint density at radius 2 is 1.89 bits per heavy atom. The van der Waals surface area contributed by atoms with Crippen LogP contribution in [0.1, 0.15) is 17.2 Å². The molecule has 0 aromatic heterocycles. The maximum atomic E-state index is 12.4. The number of hydrogen-bond acceptors (Lipinski definition) is 5. The molecule has 0 spiro atoms. The molecular weight excluding hydrogens is 376 g/mol. The van der Waals surface area contributed by atoms with Gasteiger partial charge in [-0.15, -0.1) is 0 Å². The number of para-hydroxylation sites is 1. The fourth-order valence-electron chi connectivity index (χ4n) is 3.17. The van der Waals surface area contributed by atoms with Gasteiger partial charge in [0.1, 0.15) is 12.5 Å². The van der Waals surface area contributed by atoms with Gasteiger partial charge in [-0.05, 0) is 23.8 Å². The van der Waals surface area contributed by atoms with Gasteiger partial charge in [-0.25, -0.2) is 0 Å². The number of esters is 1. The Morgan fingerprint density at radius 3 is 2.57 bits per heavy atom. The van der Waals surface area contributed by atoms with Crippen molar-refractivity contribution < 1.29 is 19.0 Å². The highest BCUT2D eigenvalue weighted by atomic mass is 32.1. The molecule has 0 aliphatic carbocycles. The minimum absolute atomic E-state index is 0.355. The molecule has 2 N–H and O–H groups in total. The van der Waals surface area contributed by atoms with E-state index in [0.29, 0.717) is 28.9 Å². The van der Waals surface area contributed by atoms with Gasteiger partial charge >= 0.3 is 5.97 Å². The highest BCUT2D eigenvalue weighted by molar-refractivity contribution is 7.80. The van der Waals surface area contributed by atoms with E-state index in [0.717, 1.165) is 11.1 Å². The van der Waals surface area contributed by atoms with Crippen LogP contribution in [-0.2, 0) is 16.1 Å². The molecule has 2 aromatic rings. The fourth-order valence-corrected chi connectivity index (χ4v) is 3.43. The molecule has 6 nitrogen and oxygen atoms in total. The molecule has 0 radical (unpaired) electrons. The van der Waals surface area contributed by atoms with Crippen molar-refractivity contribution in [3.63, 3.8) is 0 Å². The first-order valence-electron chi connectivity index (χ1n) is 8.73. The van der Waals surface area contributed by atoms with Crippen LogP contribution in [0.4, 0.5) is 0 Å². The van der Waals surface area contributed by atoms with E-state index in [2.05, 4.69) is 17.2 Å². The summed E-state index contributed by atoms with van der Waals surface area (Å²) in [6.45, 7) is 4.30. The maximum Gasteiger partial charge on any atom is 0.317 e. The molecule has 7 heteroatoms. The monoisotopic (exact) mass is 398 g/mol. The van der Waals surface area contributed by atoms with Crippen LogP contribution in [0.2, 0.25) is 0 Å². The number of benzene rings is 2. The Balaban J connectivity index is 2.00. The largest absolute Gasteiger partial charge is 0.493 e. The van der Waals surface area contributed by atoms with Crippen LogP contribution in [0.25, 0.3) is 0 Å². The second-order valence-corrected chi connectivity index (χ2v) is 6.66. The standard InChI is InChI=1S/C21H22N2O4S/c1-13-17(20(24)26-3)18(23-21(28)22-13)15-10-7-11-16(25-2)19(15)27-12-14-8-5-4-6-9-14/h4-11,17-18H,1,12H2,2-3H3,(H2,22,23,28)/t17-,18+/m1/s1. The number of ether oxygens (including phenoxy) is 3. The second kappa shape index (κ2) is 8.75. The van der Waals surface area contributed by atoms with Crippen molar-refractivity contribution in [1.29, 1.82) is 0 Å². The summed E-state index contributed by atoms with van der Waals surface area (Å²) >= 11 is 5.27. The molecule has 0 unspecified atom stereocenters. The highest BCUT2D eigenvalue weighted by Crippen LogP contribution is 2.40. The first kappa shape index (κ1) is 19.7. The Bertz CT molecular complexity index is 885. The summed E-state index contributed by atoms with van der Waals surface area (Å²) in [5, 5.41) is 6.43. The minimum Gasteiger partial charge on any atom is -0.493 e. The zero-order chi connectivity index (χ0) is 20.1. The van der Waals surface area contributed by atoms with E-state index in [1.165, 1.54) is 7.11 Å². The van der Waals surface area contributed by atoms with Crippen molar-refractivity contribution in [3.8, 4) is 11.5 Å². The van der Waals surface area contributed by atoms with Crippen molar-refractivity contribution in [2.24, 2.45) is 5.92 Å². The first-order valence-corrected chi connectivity index (χ1v) is 9.13.